The number of hydrogen-bond donors (Lipinski definition) is 0. The lowest BCUT2D eigenvalue weighted by atomic mass is 9.79. The summed E-state index contributed by atoms with van der Waals surface area (Å²) < 4.78 is 1.82. The van der Waals surface area contributed by atoms with Crippen LogP contribution in [-0.4, -0.2) is 71.2 Å². The van der Waals surface area contributed by atoms with Crippen LogP contribution in [0.15, 0.2) is 72.4 Å². The Kier molecular flexibility index (Phi) is 6.40. The van der Waals surface area contributed by atoms with Crippen LogP contribution in [0.2, 0.25) is 0 Å². The Morgan fingerprint density at radius 3 is 2.37 bits per heavy atom. The van der Waals surface area contributed by atoms with Gasteiger partial charge >= 0.3 is 0 Å². The van der Waals surface area contributed by atoms with Crippen molar-refractivity contribution in [1.82, 2.24) is 19.6 Å². The molecule has 6 rings (SSSR count). The van der Waals surface area contributed by atoms with E-state index in [4.69, 9.17) is 0 Å². The largest absolute Gasteiger partial charge is 0.336 e. The number of allylic oxidation sites excluding steroid dienone is 1. The molecule has 0 radical (unpaired) electrons. The first-order valence-electron chi connectivity index (χ1n) is 13.6. The van der Waals surface area contributed by atoms with E-state index >= 15 is 0 Å². The summed E-state index contributed by atoms with van der Waals surface area (Å²) in [5.74, 6) is 0.210. The lowest BCUT2D eigenvalue weighted by Crippen LogP contribution is -2.47. The Hall–Kier alpha value is -3.71. The maximum absolute atomic E-state index is 13.8. The average Bonchev–Trinajstić information content (AvgIpc) is 3.52. The zero-order valence-corrected chi connectivity index (χ0v) is 22.3. The lowest BCUT2D eigenvalue weighted by molar-refractivity contribution is -0.128. The van der Waals surface area contributed by atoms with Gasteiger partial charge in [0.2, 0.25) is 5.91 Å². The molecule has 1 fully saturated rings. The van der Waals surface area contributed by atoms with Gasteiger partial charge in [-0.3, -0.25) is 9.59 Å². The molecule has 0 saturated carbocycles. The number of nitrogens with zero attached hydrogens (tertiary/aromatic N) is 5. The normalized spacial score (nSPS) is 21.8. The average molecular weight is 510 g/mol. The predicted molar refractivity (Wildman–Crippen MR) is 149 cm³/mol. The molecule has 7 heteroatoms. The first kappa shape index (κ1) is 24.6. The number of carbonyl (C=O) groups excluding carboxylic acids is 2. The number of piperazine rings is 1. The van der Waals surface area contributed by atoms with E-state index in [0.717, 1.165) is 74.5 Å². The van der Waals surface area contributed by atoms with Crippen molar-refractivity contribution in [3.05, 3.63) is 89.3 Å². The SMILES string of the molecule is Cc1ccn(-c2ccc(C(=O)N3CCC4(C=C(C(=O)N5CCN(C)CC5)CC4)Cc4ccccc43)cc2)n1. The first-order valence-corrected chi connectivity index (χ1v) is 13.6. The van der Waals surface area contributed by atoms with E-state index in [1.807, 2.05) is 64.0 Å². The third-order valence-electron chi connectivity index (χ3n) is 8.44. The smallest absolute Gasteiger partial charge is 0.258 e. The molecule has 2 aliphatic heterocycles. The van der Waals surface area contributed by atoms with E-state index in [9.17, 15) is 9.59 Å². The minimum absolute atomic E-state index is 0.00779. The van der Waals surface area contributed by atoms with Crippen LogP contribution in [0, 0.1) is 12.3 Å². The standard InChI is InChI=1S/C31H35N5O2/c1-23-12-15-36(32-23)27-9-7-24(8-10-27)30(38)35-16-14-31(21-25-5-3-4-6-28(25)35)13-11-26(22-31)29(37)34-19-17-33(2)18-20-34/h3-10,12,15,22H,11,13-14,16-21H2,1-2H3. The topological polar surface area (TPSA) is 61.7 Å². The van der Waals surface area contributed by atoms with Gasteiger partial charge in [0.15, 0.2) is 0 Å². The summed E-state index contributed by atoms with van der Waals surface area (Å²) in [6.07, 6.45) is 7.65. The molecule has 196 valence electrons. The third kappa shape index (κ3) is 4.67. The number of amides is 2. The van der Waals surface area contributed by atoms with Gasteiger partial charge in [-0.1, -0.05) is 24.3 Å². The molecule has 1 atom stereocenters. The van der Waals surface area contributed by atoms with E-state index < -0.39 is 0 Å². The molecule has 3 heterocycles. The second-order valence-corrected chi connectivity index (χ2v) is 11.1. The molecule has 2 amide bonds. The predicted octanol–water partition coefficient (Wildman–Crippen LogP) is 4.25. The number of hydrogen-bond acceptors (Lipinski definition) is 4. The Bertz CT molecular complexity index is 1380. The number of fused-ring (bicyclic) bond motifs is 1. The highest BCUT2D eigenvalue weighted by Crippen LogP contribution is 2.46. The third-order valence-corrected chi connectivity index (χ3v) is 8.44. The lowest BCUT2D eigenvalue weighted by Gasteiger charge is -2.32. The number of para-hydroxylation sites is 1. The Morgan fingerprint density at radius 2 is 1.63 bits per heavy atom. The summed E-state index contributed by atoms with van der Waals surface area (Å²) in [5.41, 5.74) is 5.56. The van der Waals surface area contributed by atoms with E-state index in [0.29, 0.717) is 12.1 Å². The summed E-state index contributed by atoms with van der Waals surface area (Å²) in [6, 6.07) is 17.9. The minimum atomic E-state index is -0.0927. The molecule has 38 heavy (non-hydrogen) atoms. The van der Waals surface area contributed by atoms with Crippen LogP contribution in [-0.2, 0) is 11.2 Å². The second-order valence-electron chi connectivity index (χ2n) is 11.1. The van der Waals surface area contributed by atoms with Crippen molar-refractivity contribution in [2.24, 2.45) is 5.41 Å². The Labute approximate surface area is 224 Å². The van der Waals surface area contributed by atoms with Crippen molar-refractivity contribution in [2.45, 2.75) is 32.6 Å². The summed E-state index contributed by atoms with van der Waals surface area (Å²) in [6.45, 7) is 6.03. The maximum Gasteiger partial charge on any atom is 0.258 e. The van der Waals surface area contributed by atoms with E-state index in [1.54, 1.807) is 0 Å². The number of rotatable bonds is 3. The number of carbonyl (C=O) groups is 2. The molecular formula is C31H35N5O2. The van der Waals surface area contributed by atoms with Gasteiger partial charge in [0.25, 0.3) is 5.91 Å². The fourth-order valence-electron chi connectivity index (χ4n) is 6.14. The molecule has 1 aromatic heterocycles. The van der Waals surface area contributed by atoms with Gasteiger partial charge in [-0.2, -0.15) is 5.10 Å². The van der Waals surface area contributed by atoms with Crippen molar-refractivity contribution in [2.75, 3.05) is 44.7 Å². The molecule has 2 aromatic carbocycles. The van der Waals surface area contributed by atoms with Gasteiger partial charge < -0.3 is 14.7 Å². The van der Waals surface area contributed by atoms with E-state index in [1.165, 1.54) is 5.56 Å². The molecular weight excluding hydrogens is 474 g/mol. The van der Waals surface area contributed by atoms with Crippen molar-refractivity contribution in [3.8, 4) is 5.69 Å². The molecule has 3 aromatic rings. The van der Waals surface area contributed by atoms with Crippen LogP contribution in [0.1, 0.15) is 40.9 Å². The van der Waals surface area contributed by atoms with Gasteiger partial charge in [0.05, 0.1) is 11.4 Å². The van der Waals surface area contributed by atoms with Gasteiger partial charge in [-0.15, -0.1) is 0 Å². The minimum Gasteiger partial charge on any atom is -0.336 e. The quantitative estimate of drug-likeness (QED) is 0.530. The van der Waals surface area contributed by atoms with E-state index in [2.05, 4.69) is 41.3 Å². The molecule has 3 aliphatic rings. The highest BCUT2D eigenvalue weighted by Gasteiger charge is 2.40. The van der Waals surface area contributed by atoms with Gasteiger partial charge in [-0.05, 0) is 87.0 Å². The molecule has 0 bridgehead atoms. The van der Waals surface area contributed by atoms with Gasteiger partial charge in [-0.25, -0.2) is 4.68 Å². The van der Waals surface area contributed by atoms with Gasteiger partial charge in [0.1, 0.15) is 0 Å². The summed E-state index contributed by atoms with van der Waals surface area (Å²) >= 11 is 0. The summed E-state index contributed by atoms with van der Waals surface area (Å²) in [5, 5.41) is 4.47. The molecule has 1 aliphatic carbocycles. The van der Waals surface area contributed by atoms with Crippen molar-refractivity contribution >= 4 is 17.5 Å². The fraction of sp³-hybridized carbons (Fsp3) is 0.387. The molecule has 1 unspecified atom stereocenters. The number of benzene rings is 2. The summed E-state index contributed by atoms with van der Waals surface area (Å²) in [7, 11) is 2.11. The summed E-state index contributed by atoms with van der Waals surface area (Å²) in [4.78, 5) is 33.3. The first-order chi connectivity index (χ1) is 18.4. The van der Waals surface area contributed by atoms with Crippen LogP contribution < -0.4 is 4.90 Å². The van der Waals surface area contributed by atoms with Crippen molar-refractivity contribution in [3.63, 3.8) is 0 Å². The highest BCUT2D eigenvalue weighted by atomic mass is 16.2. The zero-order valence-electron chi connectivity index (χ0n) is 22.3. The number of likely N-dealkylation sites (N-methyl/N-ethyl adjacent to an activating group) is 1. The number of anilines is 1. The van der Waals surface area contributed by atoms with Crippen LogP contribution in [0.4, 0.5) is 5.69 Å². The van der Waals surface area contributed by atoms with E-state index in [-0.39, 0.29) is 17.2 Å². The van der Waals surface area contributed by atoms with Crippen LogP contribution in [0.3, 0.4) is 0 Å². The van der Waals surface area contributed by atoms with Crippen molar-refractivity contribution in [1.29, 1.82) is 0 Å². The molecule has 1 saturated heterocycles. The molecule has 7 nitrogen and oxygen atoms in total. The van der Waals surface area contributed by atoms with Gasteiger partial charge in [0, 0.05) is 55.7 Å². The van der Waals surface area contributed by atoms with Crippen LogP contribution >= 0.6 is 0 Å². The molecule has 0 N–H and O–H groups in total. The molecule has 1 spiro atoms. The Morgan fingerprint density at radius 1 is 0.868 bits per heavy atom. The van der Waals surface area contributed by atoms with Crippen molar-refractivity contribution < 1.29 is 9.59 Å². The maximum atomic E-state index is 13.8. The second kappa shape index (κ2) is 9.87. The zero-order chi connectivity index (χ0) is 26.3. The Balaban J connectivity index is 1.24. The number of aromatic nitrogens is 2. The fourth-order valence-corrected chi connectivity index (χ4v) is 6.14. The number of aryl methyl sites for hydroxylation is 1. The monoisotopic (exact) mass is 509 g/mol. The van der Waals surface area contributed by atoms with Crippen LogP contribution in [0.25, 0.3) is 5.69 Å². The highest BCUT2D eigenvalue weighted by molar-refractivity contribution is 6.06. The van der Waals surface area contributed by atoms with Crippen LogP contribution in [0.5, 0.6) is 0 Å².